The second kappa shape index (κ2) is 8.07. The number of hydrogen-bond acceptors (Lipinski definition) is 6. The summed E-state index contributed by atoms with van der Waals surface area (Å²) in [7, 11) is 3.31. The molecule has 0 N–H and O–H groups in total. The number of carbonyl (C=O) groups is 1. The van der Waals surface area contributed by atoms with Crippen molar-refractivity contribution in [1.82, 2.24) is 9.88 Å². The Kier molecular flexibility index (Phi) is 5.11. The molecule has 0 unspecified atom stereocenters. The minimum Gasteiger partial charge on any atom is -0.495 e. The molecule has 1 aliphatic heterocycles. The molecule has 1 saturated heterocycles. The van der Waals surface area contributed by atoms with Gasteiger partial charge in [-0.25, -0.2) is 4.98 Å². The monoisotopic (exact) mass is 433 g/mol. The number of rotatable bonds is 4. The van der Waals surface area contributed by atoms with Crippen LogP contribution >= 0.6 is 11.3 Å². The molecule has 1 aliphatic rings. The Bertz CT molecular complexity index is 1220. The summed E-state index contributed by atoms with van der Waals surface area (Å²) in [6.07, 6.45) is 0. The highest BCUT2D eigenvalue weighted by Crippen LogP contribution is 2.40. The SMILES string of the molecule is COc1ccc(OC)c2sc(N3CCN(C(=O)c4ccc5ccccc5c4)CC3)nc12. The van der Waals surface area contributed by atoms with E-state index in [1.807, 2.05) is 53.4 Å². The fraction of sp³-hybridized carbons (Fsp3) is 0.250. The lowest BCUT2D eigenvalue weighted by Crippen LogP contribution is -2.48. The van der Waals surface area contributed by atoms with Crippen molar-refractivity contribution in [3.8, 4) is 11.5 Å². The topological polar surface area (TPSA) is 54.9 Å². The lowest BCUT2D eigenvalue weighted by atomic mass is 10.1. The summed E-state index contributed by atoms with van der Waals surface area (Å²) in [6.45, 7) is 2.80. The van der Waals surface area contributed by atoms with Crippen molar-refractivity contribution >= 4 is 43.4 Å². The van der Waals surface area contributed by atoms with Crippen LogP contribution in [0.2, 0.25) is 0 Å². The maximum Gasteiger partial charge on any atom is 0.253 e. The van der Waals surface area contributed by atoms with Crippen molar-refractivity contribution in [2.75, 3.05) is 45.3 Å². The van der Waals surface area contributed by atoms with Crippen molar-refractivity contribution in [3.05, 3.63) is 60.2 Å². The van der Waals surface area contributed by atoms with Crippen LogP contribution in [0.1, 0.15) is 10.4 Å². The third kappa shape index (κ3) is 3.55. The summed E-state index contributed by atoms with van der Waals surface area (Å²) in [4.78, 5) is 22.0. The first-order valence-corrected chi connectivity index (χ1v) is 11.0. The van der Waals surface area contributed by atoms with E-state index in [2.05, 4.69) is 11.0 Å². The molecule has 0 atom stereocenters. The summed E-state index contributed by atoms with van der Waals surface area (Å²) in [6, 6.07) is 17.8. The molecule has 0 radical (unpaired) electrons. The van der Waals surface area contributed by atoms with E-state index in [-0.39, 0.29) is 5.91 Å². The molecule has 2 heterocycles. The fourth-order valence-electron chi connectivity index (χ4n) is 4.02. The number of fused-ring (bicyclic) bond motifs is 2. The van der Waals surface area contributed by atoms with E-state index in [1.54, 1.807) is 25.6 Å². The molecule has 6 nitrogen and oxygen atoms in total. The number of anilines is 1. The Morgan fingerprint density at radius 2 is 1.61 bits per heavy atom. The van der Waals surface area contributed by atoms with Crippen LogP contribution < -0.4 is 14.4 Å². The molecule has 4 aromatic rings. The number of nitrogens with zero attached hydrogens (tertiary/aromatic N) is 3. The van der Waals surface area contributed by atoms with E-state index in [1.165, 1.54) is 0 Å². The molecule has 158 valence electrons. The summed E-state index contributed by atoms with van der Waals surface area (Å²) < 4.78 is 12.0. The van der Waals surface area contributed by atoms with Gasteiger partial charge in [0.1, 0.15) is 21.7 Å². The average Bonchev–Trinajstić information content (AvgIpc) is 3.28. The standard InChI is InChI=1S/C24H23N3O3S/c1-29-19-9-10-20(30-2)22-21(19)25-24(31-22)27-13-11-26(12-14-27)23(28)18-8-7-16-5-3-4-6-17(16)15-18/h3-10,15H,11-14H2,1-2H3. The van der Waals surface area contributed by atoms with Gasteiger partial charge in [-0.2, -0.15) is 0 Å². The molecule has 0 spiro atoms. The number of hydrogen-bond donors (Lipinski definition) is 0. The van der Waals surface area contributed by atoms with E-state index in [9.17, 15) is 4.79 Å². The van der Waals surface area contributed by atoms with Gasteiger partial charge in [-0.15, -0.1) is 0 Å². The van der Waals surface area contributed by atoms with Crippen LogP contribution in [0.4, 0.5) is 5.13 Å². The lowest BCUT2D eigenvalue weighted by Gasteiger charge is -2.34. The zero-order chi connectivity index (χ0) is 21.4. The lowest BCUT2D eigenvalue weighted by molar-refractivity contribution is 0.0747. The highest BCUT2D eigenvalue weighted by Gasteiger charge is 2.25. The predicted molar refractivity (Wildman–Crippen MR) is 125 cm³/mol. The van der Waals surface area contributed by atoms with Gasteiger partial charge in [0.2, 0.25) is 0 Å². The first-order valence-electron chi connectivity index (χ1n) is 10.2. The third-order valence-electron chi connectivity index (χ3n) is 5.73. The Morgan fingerprint density at radius 3 is 2.35 bits per heavy atom. The molecule has 7 heteroatoms. The minimum absolute atomic E-state index is 0.0815. The summed E-state index contributed by atoms with van der Waals surface area (Å²) in [5, 5.41) is 3.16. The molecule has 3 aromatic carbocycles. The number of ether oxygens (including phenoxy) is 2. The Morgan fingerprint density at radius 1 is 0.903 bits per heavy atom. The van der Waals surface area contributed by atoms with Crippen LogP contribution in [0.25, 0.3) is 21.0 Å². The van der Waals surface area contributed by atoms with Crippen molar-refractivity contribution in [1.29, 1.82) is 0 Å². The predicted octanol–water partition coefficient (Wildman–Crippen LogP) is 4.43. The van der Waals surface area contributed by atoms with Crippen LogP contribution in [-0.4, -0.2) is 56.2 Å². The molecular weight excluding hydrogens is 410 g/mol. The van der Waals surface area contributed by atoms with Crippen LogP contribution in [-0.2, 0) is 0 Å². The minimum atomic E-state index is 0.0815. The second-order valence-corrected chi connectivity index (χ2v) is 8.46. The Labute approximate surface area is 184 Å². The average molecular weight is 434 g/mol. The normalized spacial score (nSPS) is 14.3. The number of piperazine rings is 1. The summed E-state index contributed by atoms with van der Waals surface area (Å²) in [5.74, 6) is 1.62. The number of carbonyl (C=O) groups excluding carboxylic acids is 1. The van der Waals surface area contributed by atoms with E-state index in [4.69, 9.17) is 14.5 Å². The van der Waals surface area contributed by atoms with Gasteiger partial charge in [0.05, 0.1) is 14.2 Å². The van der Waals surface area contributed by atoms with Gasteiger partial charge in [0.25, 0.3) is 5.91 Å². The Hall–Kier alpha value is -3.32. The number of amides is 1. The molecule has 0 aliphatic carbocycles. The number of methoxy groups -OCH3 is 2. The third-order valence-corrected chi connectivity index (χ3v) is 6.86. The number of benzene rings is 3. The molecule has 0 saturated carbocycles. The van der Waals surface area contributed by atoms with Gasteiger partial charge in [0.15, 0.2) is 5.13 Å². The van der Waals surface area contributed by atoms with E-state index >= 15 is 0 Å². The molecule has 1 aromatic heterocycles. The zero-order valence-corrected chi connectivity index (χ0v) is 18.3. The summed E-state index contributed by atoms with van der Waals surface area (Å²) >= 11 is 1.60. The highest BCUT2D eigenvalue weighted by molar-refractivity contribution is 7.22. The quantitative estimate of drug-likeness (QED) is 0.477. The van der Waals surface area contributed by atoms with Crippen LogP contribution in [0, 0.1) is 0 Å². The fourth-order valence-corrected chi connectivity index (χ4v) is 5.14. The summed E-state index contributed by atoms with van der Waals surface area (Å²) in [5.41, 5.74) is 1.55. The van der Waals surface area contributed by atoms with Crippen molar-refractivity contribution in [2.45, 2.75) is 0 Å². The van der Waals surface area contributed by atoms with Crippen LogP contribution in [0.3, 0.4) is 0 Å². The first-order chi connectivity index (χ1) is 15.2. The van der Waals surface area contributed by atoms with Gasteiger partial charge in [-0.05, 0) is 35.0 Å². The molecular formula is C24H23N3O3S. The first kappa shape index (κ1) is 19.6. The van der Waals surface area contributed by atoms with Gasteiger partial charge in [0, 0.05) is 31.7 Å². The van der Waals surface area contributed by atoms with Crippen LogP contribution in [0.15, 0.2) is 54.6 Å². The second-order valence-electron chi connectivity index (χ2n) is 7.49. The van der Waals surface area contributed by atoms with Crippen molar-refractivity contribution < 1.29 is 14.3 Å². The van der Waals surface area contributed by atoms with Crippen LogP contribution in [0.5, 0.6) is 11.5 Å². The van der Waals surface area contributed by atoms with E-state index in [0.29, 0.717) is 13.1 Å². The highest BCUT2D eigenvalue weighted by atomic mass is 32.1. The largest absolute Gasteiger partial charge is 0.495 e. The molecule has 0 bridgehead atoms. The van der Waals surface area contributed by atoms with Crippen molar-refractivity contribution in [2.24, 2.45) is 0 Å². The van der Waals surface area contributed by atoms with Gasteiger partial charge in [-0.1, -0.05) is 41.7 Å². The van der Waals surface area contributed by atoms with E-state index in [0.717, 1.165) is 56.3 Å². The van der Waals surface area contributed by atoms with Crippen molar-refractivity contribution in [3.63, 3.8) is 0 Å². The number of aromatic nitrogens is 1. The van der Waals surface area contributed by atoms with Gasteiger partial charge >= 0.3 is 0 Å². The molecule has 5 rings (SSSR count). The number of thiazole rings is 1. The Balaban J connectivity index is 1.33. The maximum absolute atomic E-state index is 13.1. The van der Waals surface area contributed by atoms with Gasteiger partial charge < -0.3 is 19.3 Å². The molecule has 1 fully saturated rings. The van der Waals surface area contributed by atoms with E-state index < -0.39 is 0 Å². The maximum atomic E-state index is 13.1. The van der Waals surface area contributed by atoms with Gasteiger partial charge in [-0.3, -0.25) is 4.79 Å². The molecule has 1 amide bonds. The molecule has 31 heavy (non-hydrogen) atoms. The smallest absolute Gasteiger partial charge is 0.253 e. The zero-order valence-electron chi connectivity index (χ0n) is 17.5.